The maximum atomic E-state index is 13.5. The Labute approximate surface area is 114 Å². The zero-order valence-corrected chi connectivity index (χ0v) is 11.6. The molecule has 2 atom stereocenters. The average Bonchev–Trinajstić information content (AvgIpc) is 3.23. The Morgan fingerprint density at radius 2 is 2.05 bits per heavy atom. The highest BCUT2D eigenvalue weighted by molar-refractivity contribution is 5.22. The second-order valence-electron chi connectivity index (χ2n) is 6.23. The second kappa shape index (κ2) is 5.22. The van der Waals surface area contributed by atoms with Crippen LogP contribution < -0.4 is 5.73 Å². The molecule has 0 aliphatic heterocycles. The second-order valence-corrected chi connectivity index (χ2v) is 6.23. The van der Waals surface area contributed by atoms with Gasteiger partial charge in [0.2, 0.25) is 0 Å². The fourth-order valence-electron chi connectivity index (χ4n) is 2.98. The average molecular weight is 262 g/mol. The normalized spacial score (nSPS) is 22.5. The van der Waals surface area contributed by atoms with Crippen molar-refractivity contribution in [3.05, 3.63) is 35.6 Å². The first-order valence-electron chi connectivity index (χ1n) is 7.42. The van der Waals surface area contributed by atoms with Crippen molar-refractivity contribution in [2.45, 2.75) is 50.7 Å². The lowest BCUT2D eigenvalue weighted by Crippen LogP contribution is -2.42. The molecular weight excluding hydrogens is 239 g/mol. The third-order valence-corrected chi connectivity index (χ3v) is 4.23. The van der Waals surface area contributed by atoms with Gasteiger partial charge in [0.25, 0.3) is 0 Å². The summed E-state index contributed by atoms with van der Waals surface area (Å²) >= 11 is 0. The van der Waals surface area contributed by atoms with Crippen molar-refractivity contribution in [2.75, 3.05) is 6.54 Å². The number of halogens is 1. The van der Waals surface area contributed by atoms with E-state index in [-0.39, 0.29) is 17.9 Å². The van der Waals surface area contributed by atoms with Crippen LogP contribution in [0, 0.1) is 11.7 Å². The van der Waals surface area contributed by atoms with E-state index in [1.54, 1.807) is 12.1 Å². The van der Waals surface area contributed by atoms with Gasteiger partial charge in [0, 0.05) is 18.6 Å². The highest BCUT2D eigenvalue weighted by Gasteiger charge is 2.39. The topological polar surface area (TPSA) is 29.3 Å². The quantitative estimate of drug-likeness (QED) is 0.853. The number of benzene rings is 1. The van der Waals surface area contributed by atoms with Gasteiger partial charge in [-0.15, -0.1) is 0 Å². The number of rotatable bonds is 6. The fraction of sp³-hybridized carbons (Fsp3) is 0.625. The van der Waals surface area contributed by atoms with Crippen LogP contribution in [0.5, 0.6) is 0 Å². The molecule has 2 aliphatic rings. The molecule has 3 rings (SSSR count). The third-order valence-electron chi connectivity index (χ3n) is 4.23. The lowest BCUT2D eigenvalue weighted by atomic mass is 9.98. The Bertz CT molecular complexity index is 438. The SMILES string of the molecule is CC(N)C(c1cccc(F)c1)N(CC1CC1)C1CC1. The Morgan fingerprint density at radius 3 is 2.58 bits per heavy atom. The van der Waals surface area contributed by atoms with Crippen molar-refractivity contribution in [1.82, 2.24) is 4.90 Å². The zero-order valence-electron chi connectivity index (χ0n) is 11.6. The van der Waals surface area contributed by atoms with E-state index in [1.807, 2.05) is 13.0 Å². The molecule has 0 amide bonds. The summed E-state index contributed by atoms with van der Waals surface area (Å²) in [5.74, 6) is 0.681. The van der Waals surface area contributed by atoms with Crippen LogP contribution >= 0.6 is 0 Å². The molecule has 2 saturated carbocycles. The van der Waals surface area contributed by atoms with E-state index in [2.05, 4.69) is 4.90 Å². The number of nitrogens with zero attached hydrogens (tertiary/aromatic N) is 1. The Hall–Kier alpha value is -0.930. The maximum absolute atomic E-state index is 13.5. The minimum Gasteiger partial charge on any atom is -0.326 e. The van der Waals surface area contributed by atoms with Crippen molar-refractivity contribution in [3.8, 4) is 0 Å². The van der Waals surface area contributed by atoms with Crippen LogP contribution in [0.4, 0.5) is 4.39 Å². The van der Waals surface area contributed by atoms with Crippen molar-refractivity contribution in [1.29, 1.82) is 0 Å². The largest absolute Gasteiger partial charge is 0.326 e. The standard InChI is InChI=1S/C16H23FN2/c1-11(18)16(13-3-2-4-14(17)9-13)19(15-7-8-15)10-12-5-6-12/h2-4,9,11-12,15-16H,5-8,10,18H2,1H3. The maximum Gasteiger partial charge on any atom is 0.123 e. The van der Waals surface area contributed by atoms with Crippen molar-refractivity contribution in [2.24, 2.45) is 11.7 Å². The van der Waals surface area contributed by atoms with Gasteiger partial charge in [-0.1, -0.05) is 12.1 Å². The van der Waals surface area contributed by atoms with Gasteiger partial charge in [0.1, 0.15) is 5.82 Å². The lowest BCUT2D eigenvalue weighted by molar-refractivity contribution is 0.158. The number of hydrogen-bond donors (Lipinski definition) is 1. The molecule has 2 unspecified atom stereocenters. The van der Waals surface area contributed by atoms with Crippen LogP contribution in [-0.4, -0.2) is 23.5 Å². The Morgan fingerprint density at radius 1 is 1.32 bits per heavy atom. The van der Waals surface area contributed by atoms with E-state index in [9.17, 15) is 4.39 Å². The van der Waals surface area contributed by atoms with E-state index in [0.717, 1.165) is 18.0 Å². The van der Waals surface area contributed by atoms with E-state index in [0.29, 0.717) is 6.04 Å². The fourth-order valence-corrected chi connectivity index (χ4v) is 2.98. The molecule has 0 spiro atoms. The molecule has 19 heavy (non-hydrogen) atoms. The smallest absolute Gasteiger partial charge is 0.123 e. The van der Waals surface area contributed by atoms with Gasteiger partial charge in [-0.2, -0.15) is 0 Å². The molecule has 2 N–H and O–H groups in total. The Balaban J connectivity index is 1.85. The van der Waals surface area contributed by atoms with Gasteiger partial charge in [-0.25, -0.2) is 4.39 Å². The van der Waals surface area contributed by atoms with Crippen LogP contribution in [0.1, 0.15) is 44.2 Å². The summed E-state index contributed by atoms with van der Waals surface area (Å²) in [7, 11) is 0. The first-order valence-corrected chi connectivity index (χ1v) is 7.42. The third kappa shape index (κ3) is 3.15. The van der Waals surface area contributed by atoms with Gasteiger partial charge in [-0.3, -0.25) is 4.90 Å². The molecule has 1 aromatic rings. The highest BCUT2D eigenvalue weighted by Crippen LogP contribution is 2.40. The lowest BCUT2D eigenvalue weighted by Gasteiger charge is -2.35. The summed E-state index contributed by atoms with van der Waals surface area (Å²) in [4.78, 5) is 2.54. The molecular formula is C16H23FN2. The van der Waals surface area contributed by atoms with Crippen LogP contribution in [0.25, 0.3) is 0 Å². The highest BCUT2D eigenvalue weighted by atomic mass is 19.1. The summed E-state index contributed by atoms with van der Waals surface area (Å²) in [5, 5.41) is 0. The van der Waals surface area contributed by atoms with Gasteiger partial charge in [0.15, 0.2) is 0 Å². The van der Waals surface area contributed by atoms with Crippen molar-refractivity contribution < 1.29 is 4.39 Å². The van der Waals surface area contributed by atoms with Crippen molar-refractivity contribution in [3.63, 3.8) is 0 Å². The molecule has 3 heteroatoms. The molecule has 104 valence electrons. The predicted molar refractivity (Wildman–Crippen MR) is 75.2 cm³/mol. The van der Waals surface area contributed by atoms with Crippen LogP contribution in [0.3, 0.4) is 0 Å². The van der Waals surface area contributed by atoms with Crippen LogP contribution in [0.2, 0.25) is 0 Å². The molecule has 0 radical (unpaired) electrons. The number of hydrogen-bond acceptors (Lipinski definition) is 2. The zero-order chi connectivity index (χ0) is 13.4. The molecule has 2 nitrogen and oxygen atoms in total. The summed E-state index contributed by atoms with van der Waals surface area (Å²) < 4.78 is 13.5. The van der Waals surface area contributed by atoms with E-state index < -0.39 is 0 Å². The monoisotopic (exact) mass is 262 g/mol. The van der Waals surface area contributed by atoms with Gasteiger partial charge >= 0.3 is 0 Å². The Kier molecular flexibility index (Phi) is 3.59. The first-order chi connectivity index (χ1) is 9.15. The van der Waals surface area contributed by atoms with Crippen LogP contribution in [-0.2, 0) is 0 Å². The van der Waals surface area contributed by atoms with E-state index in [4.69, 9.17) is 5.73 Å². The van der Waals surface area contributed by atoms with E-state index in [1.165, 1.54) is 31.7 Å². The summed E-state index contributed by atoms with van der Waals surface area (Å²) in [6, 6.07) is 7.81. The molecule has 0 saturated heterocycles. The van der Waals surface area contributed by atoms with Gasteiger partial charge in [0.05, 0.1) is 6.04 Å². The van der Waals surface area contributed by atoms with Crippen molar-refractivity contribution >= 4 is 0 Å². The summed E-state index contributed by atoms with van der Waals surface area (Å²) in [5.41, 5.74) is 7.25. The molecule has 0 heterocycles. The minimum absolute atomic E-state index is 0.0288. The minimum atomic E-state index is -0.162. The molecule has 0 bridgehead atoms. The van der Waals surface area contributed by atoms with Crippen LogP contribution in [0.15, 0.2) is 24.3 Å². The number of nitrogens with two attached hydrogens (primary N) is 1. The molecule has 2 fully saturated rings. The van der Waals surface area contributed by atoms with E-state index >= 15 is 0 Å². The summed E-state index contributed by atoms with van der Waals surface area (Å²) in [6.07, 6.45) is 5.23. The van der Waals surface area contributed by atoms with Gasteiger partial charge < -0.3 is 5.73 Å². The molecule has 1 aromatic carbocycles. The van der Waals surface area contributed by atoms with Gasteiger partial charge in [-0.05, 0) is 56.2 Å². The summed E-state index contributed by atoms with van der Waals surface area (Å²) in [6.45, 7) is 3.17. The first kappa shape index (κ1) is 13.1. The predicted octanol–water partition coefficient (Wildman–Crippen LogP) is 3.09. The molecule has 0 aromatic heterocycles. The molecule has 2 aliphatic carbocycles.